The van der Waals surface area contributed by atoms with Crippen LogP contribution in [0, 0.1) is 12.8 Å². The Hall–Kier alpha value is -1.06. The molecule has 1 fully saturated rings. The Labute approximate surface area is 99.6 Å². The van der Waals surface area contributed by atoms with Crippen LogP contribution in [-0.2, 0) is 0 Å². The smallest absolute Gasteiger partial charge is 0.255 e. The molecule has 1 amide bonds. The summed E-state index contributed by atoms with van der Waals surface area (Å²) in [6.45, 7) is 3.27. The SMILES string of the molecule is Cc1cccc(C(=O)N2CC(CO)C2)c1Cl. The van der Waals surface area contributed by atoms with Gasteiger partial charge in [-0.05, 0) is 18.6 Å². The van der Waals surface area contributed by atoms with Crippen LogP contribution in [0.3, 0.4) is 0 Å². The van der Waals surface area contributed by atoms with Crippen LogP contribution in [0.25, 0.3) is 0 Å². The quantitative estimate of drug-likeness (QED) is 0.854. The van der Waals surface area contributed by atoms with Crippen molar-refractivity contribution in [3.05, 3.63) is 34.3 Å². The summed E-state index contributed by atoms with van der Waals surface area (Å²) < 4.78 is 0. The lowest BCUT2D eigenvalue weighted by atomic mass is 9.99. The minimum absolute atomic E-state index is 0.0431. The van der Waals surface area contributed by atoms with E-state index in [1.807, 2.05) is 19.1 Å². The third kappa shape index (κ3) is 1.93. The van der Waals surface area contributed by atoms with Crippen molar-refractivity contribution >= 4 is 17.5 Å². The Balaban J connectivity index is 2.13. The first-order valence-electron chi connectivity index (χ1n) is 5.28. The predicted octanol–water partition coefficient (Wildman–Crippen LogP) is 1.71. The van der Waals surface area contributed by atoms with Crippen LogP contribution in [0.15, 0.2) is 18.2 Å². The molecule has 0 radical (unpaired) electrons. The van der Waals surface area contributed by atoms with E-state index in [1.165, 1.54) is 0 Å². The highest BCUT2D eigenvalue weighted by atomic mass is 35.5. The maximum atomic E-state index is 12.0. The molecule has 1 heterocycles. The van der Waals surface area contributed by atoms with Crippen LogP contribution < -0.4 is 0 Å². The summed E-state index contributed by atoms with van der Waals surface area (Å²) in [7, 11) is 0. The van der Waals surface area contributed by atoms with Crippen molar-refractivity contribution in [3.8, 4) is 0 Å². The van der Waals surface area contributed by atoms with Crippen LogP contribution in [0.2, 0.25) is 5.02 Å². The van der Waals surface area contributed by atoms with Crippen molar-refractivity contribution in [2.24, 2.45) is 5.92 Å². The average molecular weight is 240 g/mol. The molecule has 1 N–H and O–H groups in total. The number of amides is 1. The Morgan fingerprint density at radius 3 is 2.88 bits per heavy atom. The molecule has 2 rings (SSSR count). The zero-order valence-electron chi connectivity index (χ0n) is 9.11. The third-order valence-corrected chi connectivity index (χ3v) is 3.43. The van der Waals surface area contributed by atoms with E-state index < -0.39 is 0 Å². The summed E-state index contributed by atoms with van der Waals surface area (Å²) in [5.74, 6) is 0.186. The minimum atomic E-state index is -0.0431. The normalized spacial score (nSPS) is 16.1. The number of aliphatic hydroxyl groups is 1. The zero-order valence-corrected chi connectivity index (χ0v) is 9.87. The highest BCUT2D eigenvalue weighted by Gasteiger charge is 2.31. The predicted molar refractivity (Wildman–Crippen MR) is 62.7 cm³/mol. The van der Waals surface area contributed by atoms with Crippen molar-refractivity contribution in [2.45, 2.75) is 6.92 Å². The summed E-state index contributed by atoms with van der Waals surface area (Å²) >= 11 is 6.09. The molecule has 1 aliphatic heterocycles. The van der Waals surface area contributed by atoms with Crippen LogP contribution in [0.4, 0.5) is 0 Å². The molecule has 0 aliphatic carbocycles. The van der Waals surface area contributed by atoms with Gasteiger partial charge in [-0.15, -0.1) is 0 Å². The lowest BCUT2D eigenvalue weighted by molar-refractivity contribution is 0.0362. The third-order valence-electron chi connectivity index (χ3n) is 2.92. The molecule has 3 nitrogen and oxygen atoms in total. The second-order valence-electron chi connectivity index (χ2n) is 4.20. The second kappa shape index (κ2) is 4.44. The average Bonchev–Trinajstić information content (AvgIpc) is 2.20. The molecule has 0 bridgehead atoms. The molecule has 0 unspecified atom stereocenters. The van der Waals surface area contributed by atoms with Gasteiger partial charge in [0.05, 0.1) is 10.6 Å². The van der Waals surface area contributed by atoms with E-state index >= 15 is 0 Å². The monoisotopic (exact) mass is 239 g/mol. The van der Waals surface area contributed by atoms with Crippen LogP contribution in [-0.4, -0.2) is 35.6 Å². The molecule has 1 saturated heterocycles. The highest BCUT2D eigenvalue weighted by molar-refractivity contribution is 6.34. The second-order valence-corrected chi connectivity index (χ2v) is 4.57. The van der Waals surface area contributed by atoms with E-state index in [1.54, 1.807) is 11.0 Å². The Morgan fingerprint density at radius 2 is 2.25 bits per heavy atom. The van der Waals surface area contributed by atoms with Gasteiger partial charge in [0, 0.05) is 25.6 Å². The first kappa shape index (κ1) is 11.4. The van der Waals surface area contributed by atoms with Gasteiger partial charge in [-0.3, -0.25) is 4.79 Å². The van der Waals surface area contributed by atoms with Crippen molar-refractivity contribution in [1.82, 2.24) is 4.90 Å². The molecule has 4 heteroatoms. The topological polar surface area (TPSA) is 40.5 Å². The van der Waals surface area contributed by atoms with Crippen molar-refractivity contribution in [1.29, 1.82) is 0 Å². The van der Waals surface area contributed by atoms with E-state index in [0.29, 0.717) is 23.7 Å². The van der Waals surface area contributed by atoms with E-state index in [0.717, 1.165) is 5.56 Å². The largest absolute Gasteiger partial charge is 0.396 e. The van der Waals surface area contributed by atoms with E-state index in [9.17, 15) is 4.79 Å². The molecule has 16 heavy (non-hydrogen) atoms. The van der Waals surface area contributed by atoms with E-state index in [-0.39, 0.29) is 18.4 Å². The first-order valence-corrected chi connectivity index (χ1v) is 5.66. The van der Waals surface area contributed by atoms with Gasteiger partial charge in [-0.25, -0.2) is 0 Å². The van der Waals surface area contributed by atoms with Gasteiger partial charge < -0.3 is 10.0 Å². The van der Waals surface area contributed by atoms with Crippen molar-refractivity contribution in [2.75, 3.05) is 19.7 Å². The molecular formula is C12H14ClNO2. The van der Waals surface area contributed by atoms with Crippen molar-refractivity contribution in [3.63, 3.8) is 0 Å². The van der Waals surface area contributed by atoms with Crippen LogP contribution in [0.1, 0.15) is 15.9 Å². The number of aliphatic hydroxyl groups excluding tert-OH is 1. The number of hydrogen-bond acceptors (Lipinski definition) is 2. The van der Waals surface area contributed by atoms with Gasteiger partial charge in [-0.2, -0.15) is 0 Å². The van der Waals surface area contributed by atoms with Crippen LogP contribution >= 0.6 is 11.6 Å². The highest BCUT2D eigenvalue weighted by Crippen LogP contribution is 2.25. The minimum Gasteiger partial charge on any atom is -0.396 e. The number of likely N-dealkylation sites (tertiary alicyclic amines) is 1. The van der Waals surface area contributed by atoms with Gasteiger partial charge in [0.25, 0.3) is 5.91 Å². The number of halogens is 1. The Bertz CT molecular complexity index is 413. The van der Waals surface area contributed by atoms with E-state index in [2.05, 4.69) is 0 Å². The number of rotatable bonds is 2. The fraction of sp³-hybridized carbons (Fsp3) is 0.417. The number of hydrogen-bond donors (Lipinski definition) is 1. The number of benzene rings is 1. The number of carbonyl (C=O) groups excluding carboxylic acids is 1. The lowest BCUT2D eigenvalue weighted by Crippen LogP contribution is -2.51. The van der Waals surface area contributed by atoms with Gasteiger partial charge in [0.2, 0.25) is 0 Å². The molecule has 86 valence electrons. The molecule has 1 aromatic carbocycles. The maximum Gasteiger partial charge on any atom is 0.255 e. The van der Waals surface area contributed by atoms with Gasteiger partial charge in [0.1, 0.15) is 0 Å². The molecular weight excluding hydrogens is 226 g/mol. The lowest BCUT2D eigenvalue weighted by Gasteiger charge is -2.38. The summed E-state index contributed by atoms with van der Waals surface area (Å²) in [6, 6.07) is 5.45. The maximum absolute atomic E-state index is 12.0. The summed E-state index contributed by atoms with van der Waals surface area (Å²) in [5.41, 5.74) is 1.46. The van der Waals surface area contributed by atoms with Gasteiger partial charge >= 0.3 is 0 Å². The van der Waals surface area contributed by atoms with Gasteiger partial charge in [-0.1, -0.05) is 23.7 Å². The number of aryl methyl sites for hydroxylation is 1. The summed E-state index contributed by atoms with van der Waals surface area (Å²) in [6.07, 6.45) is 0. The Kier molecular flexibility index (Phi) is 3.17. The zero-order chi connectivity index (χ0) is 11.7. The molecule has 0 spiro atoms. The fourth-order valence-electron chi connectivity index (χ4n) is 1.83. The fourth-order valence-corrected chi connectivity index (χ4v) is 2.04. The van der Waals surface area contributed by atoms with Crippen LogP contribution in [0.5, 0.6) is 0 Å². The Morgan fingerprint density at radius 1 is 1.56 bits per heavy atom. The molecule has 0 saturated carbocycles. The number of carbonyl (C=O) groups is 1. The van der Waals surface area contributed by atoms with Crippen molar-refractivity contribution < 1.29 is 9.90 Å². The molecule has 1 aromatic rings. The van der Waals surface area contributed by atoms with Gasteiger partial charge in [0.15, 0.2) is 0 Å². The summed E-state index contributed by atoms with van der Waals surface area (Å²) in [5, 5.41) is 9.42. The first-order chi connectivity index (χ1) is 7.63. The number of nitrogens with zero attached hydrogens (tertiary/aromatic N) is 1. The summed E-state index contributed by atoms with van der Waals surface area (Å²) in [4.78, 5) is 13.7. The van der Waals surface area contributed by atoms with E-state index in [4.69, 9.17) is 16.7 Å². The molecule has 0 atom stereocenters. The molecule has 1 aliphatic rings. The standard InChI is InChI=1S/C12H14ClNO2/c1-8-3-2-4-10(11(8)13)12(16)14-5-9(6-14)7-15/h2-4,9,15H,5-7H2,1H3. The molecule has 0 aromatic heterocycles.